The summed E-state index contributed by atoms with van der Waals surface area (Å²) in [7, 11) is 0. The molecule has 0 saturated heterocycles. The molecule has 0 heterocycles. The van der Waals surface area contributed by atoms with Gasteiger partial charge >= 0.3 is 0 Å². The Balaban J connectivity index is 0. The van der Waals surface area contributed by atoms with Gasteiger partial charge in [-0.25, -0.2) is 0 Å². The molecule has 0 unspecified atom stereocenters. The van der Waals surface area contributed by atoms with Gasteiger partial charge < -0.3 is 16.8 Å². The van der Waals surface area contributed by atoms with E-state index in [2.05, 4.69) is 19.2 Å². The van der Waals surface area contributed by atoms with Gasteiger partial charge in [0.05, 0.1) is 0 Å². The van der Waals surface area contributed by atoms with Crippen molar-refractivity contribution >= 4 is 0 Å². The van der Waals surface area contributed by atoms with Gasteiger partial charge in [-0.05, 0) is 45.4 Å². The molecule has 0 aliphatic carbocycles. The molecular weight excluding hydrogens is 174 g/mol. The molecule has 0 spiro atoms. The van der Waals surface area contributed by atoms with Gasteiger partial charge in [-0.1, -0.05) is 26.7 Å². The lowest BCUT2D eigenvalue weighted by Gasteiger charge is -1.99. The SMILES string of the molecule is CCCCN.CCCCNCCCN. The predicted molar refractivity (Wildman–Crippen MR) is 65.4 cm³/mol. The first-order valence-electron chi connectivity index (χ1n) is 5.94. The summed E-state index contributed by atoms with van der Waals surface area (Å²) in [6.07, 6.45) is 6.04. The van der Waals surface area contributed by atoms with E-state index in [-0.39, 0.29) is 0 Å². The number of unbranched alkanes of at least 4 members (excludes halogenated alkanes) is 2. The molecule has 14 heavy (non-hydrogen) atoms. The number of rotatable bonds is 8. The third kappa shape index (κ3) is 22.6. The fourth-order valence-corrected chi connectivity index (χ4v) is 0.858. The van der Waals surface area contributed by atoms with Crippen molar-refractivity contribution in [2.24, 2.45) is 11.5 Å². The van der Waals surface area contributed by atoms with Crippen molar-refractivity contribution in [2.45, 2.75) is 46.0 Å². The first-order chi connectivity index (χ1) is 6.83. The minimum atomic E-state index is 0.805. The Kier molecular flexibility index (Phi) is 21.7. The van der Waals surface area contributed by atoms with Crippen LogP contribution in [0.25, 0.3) is 0 Å². The van der Waals surface area contributed by atoms with E-state index < -0.39 is 0 Å². The van der Waals surface area contributed by atoms with Gasteiger partial charge in [0.1, 0.15) is 0 Å². The number of hydrogen-bond donors (Lipinski definition) is 3. The lowest BCUT2D eigenvalue weighted by atomic mass is 10.3. The van der Waals surface area contributed by atoms with Gasteiger partial charge in [0.2, 0.25) is 0 Å². The van der Waals surface area contributed by atoms with Crippen LogP contribution in [0.5, 0.6) is 0 Å². The smallest absolute Gasteiger partial charge is 0.00369 e. The average molecular weight is 203 g/mol. The highest BCUT2D eigenvalue weighted by Gasteiger charge is 1.83. The van der Waals surface area contributed by atoms with Crippen LogP contribution < -0.4 is 16.8 Å². The zero-order chi connectivity index (χ0) is 11.1. The average Bonchev–Trinajstić information content (AvgIpc) is 2.20. The summed E-state index contributed by atoms with van der Waals surface area (Å²) in [5, 5.41) is 3.31. The van der Waals surface area contributed by atoms with E-state index in [1.165, 1.54) is 25.7 Å². The lowest BCUT2D eigenvalue weighted by Crippen LogP contribution is -2.19. The molecule has 0 aromatic rings. The fraction of sp³-hybridized carbons (Fsp3) is 1.00. The Morgan fingerprint density at radius 1 is 0.786 bits per heavy atom. The molecule has 0 bridgehead atoms. The van der Waals surface area contributed by atoms with Crippen molar-refractivity contribution in [3.05, 3.63) is 0 Å². The second-order valence-corrected chi connectivity index (χ2v) is 3.39. The molecule has 5 N–H and O–H groups in total. The Morgan fingerprint density at radius 3 is 1.64 bits per heavy atom. The minimum Gasteiger partial charge on any atom is -0.330 e. The third-order valence-corrected chi connectivity index (χ3v) is 1.82. The maximum Gasteiger partial charge on any atom is -0.00369 e. The fourth-order valence-electron chi connectivity index (χ4n) is 0.858. The number of nitrogens with one attached hydrogen (secondary N) is 1. The Hall–Kier alpha value is -0.120. The largest absolute Gasteiger partial charge is 0.330 e. The van der Waals surface area contributed by atoms with Crippen molar-refractivity contribution in [3.63, 3.8) is 0 Å². The second kappa shape index (κ2) is 18.6. The summed E-state index contributed by atoms with van der Waals surface area (Å²) >= 11 is 0. The number of hydrogen-bond acceptors (Lipinski definition) is 3. The molecule has 0 aromatic heterocycles. The summed E-state index contributed by atoms with van der Waals surface area (Å²) in [5.74, 6) is 0. The highest BCUT2D eigenvalue weighted by Crippen LogP contribution is 1.81. The molecule has 3 nitrogen and oxygen atoms in total. The van der Waals surface area contributed by atoms with Crippen LogP contribution in [0.2, 0.25) is 0 Å². The van der Waals surface area contributed by atoms with Crippen LogP contribution in [0.4, 0.5) is 0 Å². The standard InChI is InChI=1S/C7H18N2.C4H11N/c1-2-3-6-9-7-4-5-8;1-2-3-4-5/h9H,2-8H2,1H3;2-5H2,1H3. The minimum absolute atomic E-state index is 0.805. The molecule has 0 aliphatic rings. The van der Waals surface area contributed by atoms with E-state index in [0.29, 0.717) is 0 Å². The van der Waals surface area contributed by atoms with Crippen LogP contribution >= 0.6 is 0 Å². The molecule has 0 aliphatic heterocycles. The van der Waals surface area contributed by atoms with Gasteiger partial charge in [0.15, 0.2) is 0 Å². The van der Waals surface area contributed by atoms with Crippen molar-refractivity contribution in [1.29, 1.82) is 0 Å². The van der Waals surface area contributed by atoms with Crippen molar-refractivity contribution in [3.8, 4) is 0 Å². The van der Waals surface area contributed by atoms with Gasteiger partial charge in [-0.2, -0.15) is 0 Å². The molecule has 88 valence electrons. The molecule has 3 heteroatoms. The van der Waals surface area contributed by atoms with Crippen LogP contribution in [0, 0.1) is 0 Å². The highest BCUT2D eigenvalue weighted by molar-refractivity contribution is 4.46. The molecular formula is C11H29N3. The molecule has 0 saturated carbocycles. The zero-order valence-corrected chi connectivity index (χ0v) is 10.0. The van der Waals surface area contributed by atoms with Gasteiger partial charge in [0.25, 0.3) is 0 Å². The second-order valence-electron chi connectivity index (χ2n) is 3.39. The summed E-state index contributed by atoms with van der Waals surface area (Å²) < 4.78 is 0. The van der Waals surface area contributed by atoms with E-state index in [4.69, 9.17) is 11.5 Å². The molecule has 0 amide bonds. The topological polar surface area (TPSA) is 64.1 Å². The van der Waals surface area contributed by atoms with E-state index in [1.807, 2.05) is 0 Å². The van der Waals surface area contributed by atoms with Crippen molar-refractivity contribution < 1.29 is 0 Å². The Morgan fingerprint density at radius 2 is 1.29 bits per heavy atom. The van der Waals surface area contributed by atoms with Gasteiger partial charge in [-0.15, -0.1) is 0 Å². The Bertz CT molecular complexity index is 68.9. The first-order valence-corrected chi connectivity index (χ1v) is 5.94. The normalized spacial score (nSPS) is 9.43. The number of nitrogens with two attached hydrogens (primary N) is 2. The summed E-state index contributed by atoms with van der Waals surface area (Å²) in [5.41, 5.74) is 10.4. The van der Waals surface area contributed by atoms with Crippen molar-refractivity contribution in [1.82, 2.24) is 5.32 Å². The predicted octanol–water partition coefficient (Wildman–Crippen LogP) is 1.47. The molecule has 0 rings (SSSR count). The summed E-state index contributed by atoms with van der Waals surface area (Å²) in [4.78, 5) is 0. The molecule has 0 radical (unpaired) electrons. The zero-order valence-electron chi connectivity index (χ0n) is 10.0. The quantitative estimate of drug-likeness (QED) is 0.523. The maximum atomic E-state index is 5.30. The van der Waals surface area contributed by atoms with E-state index in [1.54, 1.807) is 0 Å². The Labute approximate surface area is 89.6 Å². The van der Waals surface area contributed by atoms with Gasteiger partial charge in [0, 0.05) is 0 Å². The van der Waals surface area contributed by atoms with Gasteiger partial charge in [-0.3, -0.25) is 0 Å². The summed E-state index contributed by atoms with van der Waals surface area (Å²) in [6.45, 7) is 8.21. The third-order valence-electron chi connectivity index (χ3n) is 1.82. The van der Waals surface area contributed by atoms with Crippen LogP contribution in [0.1, 0.15) is 46.0 Å². The van der Waals surface area contributed by atoms with Crippen molar-refractivity contribution in [2.75, 3.05) is 26.2 Å². The van der Waals surface area contributed by atoms with E-state index in [0.717, 1.165) is 32.6 Å². The van der Waals surface area contributed by atoms with E-state index in [9.17, 15) is 0 Å². The molecule has 0 aromatic carbocycles. The monoisotopic (exact) mass is 203 g/mol. The van der Waals surface area contributed by atoms with Crippen LogP contribution in [-0.2, 0) is 0 Å². The summed E-state index contributed by atoms with van der Waals surface area (Å²) in [6, 6.07) is 0. The molecule has 0 atom stereocenters. The van der Waals surface area contributed by atoms with Crippen LogP contribution in [-0.4, -0.2) is 26.2 Å². The van der Waals surface area contributed by atoms with E-state index >= 15 is 0 Å². The molecule has 0 fully saturated rings. The van der Waals surface area contributed by atoms with Crippen LogP contribution in [0.15, 0.2) is 0 Å². The lowest BCUT2D eigenvalue weighted by molar-refractivity contribution is 0.621. The maximum absolute atomic E-state index is 5.30. The highest BCUT2D eigenvalue weighted by atomic mass is 14.8. The first kappa shape index (κ1) is 16.3. The van der Waals surface area contributed by atoms with Crippen LogP contribution in [0.3, 0.4) is 0 Å².